The Kier molecular flexibility index (Phi) is 3.51. The van der Waals surface area contributed by atoms with Gasteiger partial charge < -0.3 is 15.5 Å². The zero-order chi connectivity index (χ0) is 18.4. The van der Waals surface area contributed by atoms with Crippen LogP contribution in [0.4, 0.5) is 11.4 Å². The second-order valence-electron chi connectivity index (χ2n) is 6.23. The monoisotopic (exact) mass is 345 g/mol. The Labute approximate surface area is 149 Å². The first-order valence-corrected chi connectivity index (χ1v) is 8.08. The molecule has 1 aliphatic rings. The number of carbonyl (C=O) groups excluding carboxylic acids is 2. The lowest BCUT2D eigenvalue weighted by atomic mass is 9.82. The van der Waals surface area contributed by atoms with Gasteiger partial charge in [0.15, 0.2) is 5.78 Å². The van der Waals surface area contributed by atoms with Crippen LogP contribution in [-0.4, -0.2) is 21.8 Å². The number of nitrogens with one attached hydrogen (secondary N) is 1. The summed E-state index contributed by atoms with van der Waals surface area (Å²) in [5, 5.41) is 23.4. The first kappa shape index (κ1) is 15.9. The highest BCUT2D eigenvalue weighted by Crippen LogP contribution is 2.40. The Morgan fingerprint density at radius 1 is 0.769 bits per heavy atom. The van der Waals surface area contributed by atoms with Crippen molar-refractivity contribution < 1.29 is 19.8 Å². The summed E-state index contributed by atoms with van der Waals surface area (Å²) in [5.41, 5.74) is 2.29. The minimum absolute atomic E-state index is 0.0759. The highest BCUT2D eigenvalue weighted by molar-refractivity contribution is 6.32. The zero-order valence-corrected chi connectivity index (χ0v) is 13.9. The standard InChI is InChI=1S/C21H15NO4/c1-11-4-2-5-12(10-11)22-14-8-9-16(24)19-18(14)20(25)13-6-3-7-15(23)17(13)21(19)26/h2-10,22-24H,1H3. The number of aryl methyl sites for hydroxylation is 1. The summed E-state index contributed by atoms with van der Waals surface area (Å²) in [5.74, 6) is -1.56. The predicted molar refractivity (Wildman–Crippen MR) is 97.5 cm³/mol. The van der Waals surface area contributed by atoms with Gasteiger partial charge in [0.1, 0.15) is 11.5 Å². The van der Waals surface area contributed by atoms with Crippen molar-refractivity contribution in [2.75, 3.05) is 5.32 Å². The fourth-order valence-corrected chi connectivity index (χ4v) is 3.27. The van der Waals surface area contributed by atoms with E-state index in [-0.39, 0.29) is 33.8 Å². The van der Waals surface area contributed by atoms with Gasteiger partial charge in [-0.15, -0.1) is 0 Å². The van der Waals surface area contributed by atoms with E-state index in [0.717, 1.165) is 11.3 Å². The Morgan fingerprint density at radius 2 is 1.50 bits per heavy atom. The SMILES string of the molecule is Cc1cccc(Nc2ccc(O)c3c2C(=O)c2cccc(O)c2C3=O)c1. The Bertz CT molecular complexity index is 1090. The van der Waals surface area contributed by atoms with Crippen molar-refractivity contribution >= 4 is 22.9 Å². The summed E-state index contributed by atoms with van der Waals surface area (Å²) >= 11 is 0. The lowest BCUT2D eigenvalue weighted by molar-refractivity contribution is 0.0975. The maximum absolute atomic E-state index is 13.0. The number of rotatable bonds is 2. The van der Waals surface area contributed by atoms with Gasteiger partial charge in [-0.1, -0.05) is 24.3 Å². The van der Waals surface area contributed by atoms with Crippen LogP contribution >= 0.6 is 0 Å². The smallest absolute Gasteiger partial charge is 0.202 e. The fraction of sp³-hybridized carbons (Fsp3) is 0.0476. The average Bonchev–Trinajstić information content (AvgIpc) is 2.61. The lowest BCUT2D eigenvalue weighted by Crippen LogP contribution is -2.22. The molecule has 0 fully saturated rings. The van der Waals surface area contributed by atoms with Gasteiger partial charge in [0.25, 0.3) is 0 Å². The molecule has 0 spiro atoms. The molecule has 0 unspecified atom stereocenters. The van der Waals surface area contributed by atoms with Crippen LogP contribution in [0.25, 0.3) is 0 Å². The summed E-state index contributed by atoms with van der Waals surface area (Å²) in [6.07, 6.45) is 0. The van der Waals surface area contributed by atoms with Crippen LogP contribution in [0.15, 0.2) is 54.6 Å². The third-order valence-electron chi connectivity index (χ3n) is 4.45. The molecule has 0 heterocycles. The molecular weight excluding hydrogens is 330 g/mol. The summed E-state index contributed by atoms with van der Waals surface area (Å²) < 4.78 is 0. The summed E-state index contributed by atoms with van der Waals surface area (Å²) in [7, 11) is 0. The molecule has 0 aliphatic heterocycles. The van der Waals surface area contributed by atoms with E-state index in [1.54, 1.807) is 6.07 Å². The number of aromatic hydroxyl groups is 2. The molecule has 0 bridgehead atoms. The topological polar surface area (TPSA) is 86.6 Å². The van der Waals surface area contributed by atoms with Crippen molar-refractivity contribution in [1.29, 1.82) is 0 Å². The van der Waals surface area contributed by atoms with E-state index in [0.29, 0.717) is 5.69 Å². The number of hydrogen-bond donors (Lipinski definition) is 3. The molecule has 3 aromatic rings. The van der Waals surface area contributed by atoms with Crippen molar-refractivity contribution in [3.05, 3.63) is 82.4 Å². The summed E-state index contributed by atoms with van der Waals surface area (Å²) in [4.78, 5) is 25.9. The van der Waals surface area contributed by atoms with E-state index in [4.69, 9.17) is 0 Å². The number of hydrogen-bond acceptors (Lipinski definition) is 5. The Morgan fingerprint density at radius 3 is 2.27 bits per heavy atom. The number of anilines is 2. The summed E-state index contributed by atoms with van der Waals surface area (Å²) in [6.45, 7) is 1.95. The van der Waals surface area contributed by atoms with Crippen LogP contribution in [0.1, 0.15) is 37.4 Å². The molecule has 3 N–H and O–H groups in total. The molecule has 0 saturated heterocycles. The number of phenolic OH excluding ortho intramolecular Hbond substituents is 2. The molecule has 0 aromatic heterocycles. The van der Waals surface area contributed by atoms with Crippen LogP contribution in [0.2, 0.25) is 0 Å². The molecule has 0 saturated carbocycles. The van der Waals surface area contributed by atoms with Gasteiger partial charge >= 0.3 is 0 Å². The number of ketones is 2. The Hall–Kier alpha value is -3.60. The second-order valence-corrected chi connectivity index (χ2v) is 6.23. The average molecular weight is 345 g/mol. The number of benzene rings is 3. The van der Waals surface area contributed by atoms with E-state index >= 15 is 0 Å². The minimum Gasteiger partial charge on any atom is -0.507 e. The van der Waals surface area contributed by atoms with Gasteiger partial charge in [0.2, 0.25) is 5.78 Å². The molecule has 3 aromatic carbocycles. The largest absolute Gasteiger partial charge is 0.507 e. The number of fused-ring (bicyclic) bond motifs is 2. The van der Waals surface area contributed by atoms with Crippen LogP contribution in [-0.2, 0) is 0 Å². The van der Waals surface area contributed by atoms with Crippen LogP contribution in [0.3, 0.4) is 0 Å². The molecule has 4 rings (SSSR count). The van der Waals surface area contributed by atoms with Gasteiger partial charge in [-0.2, -0.15) is 0 Å². The highest BCUT2D eigenvalue weighted by Gasteiger charge is 2.35. The van der Waals surface area contributed by atoms with Crippen LogP contribution < -0.4 is 5.32 Å². The lowest BCUT2D eigenvalue weighted by Gasteiger charge is -2.22. The molecule has 5 heteroatoms. The van der Waals surface area contributed by atoms with E-state index in [1.165, 1.54) is 24.3 Å². The first-order chi connectivity index (χ1) is 12.5. The molecule has 0 atom stereocenters. The quantitative estimate of drug-likeness (QED) is 0.479. The first-order valence-electron chi connectivity index (χ1n) is 8.08. The van der Waals surface area contributed by atoms with Gasteiger partial charge in [-0.05, 0) is 42.8 Å². The van der Waals surface area contributed by atoms with Crippen molar-refractivity contribution in [2.45, 2.75) is 6.92 Å². The summed E-state index contributed by atoms with van der Waals surface area (Å²) in [6, 6.07) is 14.9. The van der Waals surface area contributed by atoms with Crippen molar-refractivity contribution in [2.24, 2.45) is 0 Å². The molecule has 5 nitrogen and oxygen atoms in total. The molecule has 1 aliphatic carbocycles. The maximum Gasteiger partial charge on any atom is 0.202 e. The zero-order valence-electron chi connectivity index (χ0n) is 13.9. The number of phenols is 2. The van der Waals surface area contributed by atoms with Crippen molar-refractivity contribution in [3.63, 3.8) is 0 Å². The fourth-order valence-electron chi connectivity index (χ4n) is 3.27. The highest BCUT2D eigenvalue weighted by atomic mass is 16.3. The number of carbonyl (C=O) groups is 2. The normalized spacial score (nSPS) is 12.5. The molecule has 128 valence electrons. The third kappa shape index (κ3) is 2.33. The van der Waals surface area contributed by atoms with E-state index in [1.807, 2.05) is 31.2 Å². The molecule has 0 amide bonds. The van der Waals surface area contributed by atoms with Crippen LogP contribution in [0, 0.1) is 6.92 Å². The van der Waals surface area contributed by atoms with Gasteiger partial charge in [-0.25, -0.2) is 0 Å². The van der Waals surface area contributed by atoms with Gasteiger partial charge in [0.05, 0.1) is 22.4 Å². The molecule has 26 heavy (non-hydrogen) atoms. The Balaban J connectivity index is 1.92. The molecular formula is C21H15NO4. The van der Waals surface area contributed by atoms with Crippen LogP contribution in [0.5, 0.6) is 11.5 Å². The van der Waals surface area contributed by atoms with E-state index < -0.39 is 11.6 Å². The van der Waals surface area contributed by atoms with Crippen molar-refractivity contribution in [1.82, 2.24) is 0 Å². The minimum atomic E-state index is -0.571. The van der Waals surface area contributed by atoms with Gasteiger partial charge in [-0.3, -0.25) is 9.59 Å². The van der Waals surface area contributed by atoms with Crippen molar-refractivity contribution in [3.8, 4) is 11.5 Å². The maximum atomic E-state index is 13.0. The predicted octanol–water partition coefficient (Wildman–Crippen LogP) is 3.93. The van der Waals surface area contributed by atoms with Gasteiger partial charge in [0, 0.05) is 11.3 Å². The molecule has 0 radical (unpaired) electrons. The second kappa shape index (κ2) is 5.74. The van der Waals surface area contributed by atoms with E-state index in [9.17, 15) is 19.8 Å². The third-order valence-corrected chi connectivity index (χ3v) is 4.45. The van der Waals surface area contributed by atoms with E-state index in [2.05, 4.69) is 5.32 Å².